The molecule has 1 N–H and O–H groups in total. The molecule has 2 rings (SSSR count). The Hall–Kier alpha value is -1.07. The molecule has 0 fully saturated rings. The summed E-state index contributed by atoms with van der Waals surface area (Å²) in [5.74, 6) is -0.937. The molecule has 0 aliphatic rings. The number of aryl methyl sites for hydroxylation is 1. The van der Waals surface area contributed by atoms with Gasteiger partial charge in [-0.15, -0.1) is 24.0 Å². The number of carboxylic acid groups (broad SMARTS) is 1. The zero-order chi connectivity index (χ0) is 10.3. The minimum atomic E-state index is -0.937. The summed E-state index contributed by atoms with van der Waals surface area (Å²) in [7, 11) is 0. The van der Waals surface area contributed by atoms with Crippen molar-refractivity contribution in [1.82, 2.24) is 4.98 Å². The number of hydrogen-bond donors (Lipinski definition) is 2. The van der Waals surface area contributed by atoms with Crippen LogP contribution in [0.5, 0.6) is 0 Å². The first-order valence-corrected chi connectivity index (χ1v) is 5.18. The van der Waals surface area contributed by atoms with E-state index in [-0.39, 0.29) is 5.56 Å². The highest BCUT2D eigenvalue weighted by Crippen LogP contribution is 2.28. The van der Waals surface area contributed by atoms with Gasteiger partial charge in [0.05, 0.1) is 20.8 Å². The highest BCUT2D eigenvalue weighted by Gasteiger charge is 2.10. The average Bonchev–Trinajstić information content (AvgIpc) is 2.45. The first kappa shape index (κ1) is 9.48. The molecule has 1 aromatic heterocycles. The highest BCUT2D eigenvalue weighted by molar-refractivity contribution is 7.80. The highest BCUT2D eigenvalue weighted by atomic mass is 32.1. The zero-order valence-electron chi connectivity index (χ0n) is 7.31. The van der Waals surface area contributed by atoms with Crippen molar-refractivity contribution in [3.05, 3.63) is 22.7 Å². The second-order valence-corrected chi connectivity index (χ2v) is 4.60. The fourth-order valence-electron chi connectivity index (χ4n) is 1.25. The van der Waals surface area contributed by atoms with Crippen LogP contribution in [0.3, 0.4) is 0 Å². The van der Waals surface area contributed by atoms with Gasteiger partial charge in [0.1, 0.15) is 0 Å². The van der Waals surface area contributed by atoms with Crippen LogP contribution in [0.1, 0.15) is 15.4 Å². The van der Waals surface area contributed by atoms with Crippen LogP contribution in [0, 0.1) is 6.92 Å². The lowest BCUT2D eigenvalue weighted by Gasteiger charge is -1.96. The maximum Gasteiger partial charge on any atom is 0.335 e. The van der Waals surface area contributed by atoms with E-state index in [1.54, 1.807) is 6.07 Å². The van der Waals surface area contributed by atoms with Crippen LogP contribution >= 0.6 is 24.0 Å². The minimum absolute atomic E-state index is 0.256. The summed E-state index contributed by atoms with van der Waals surface area (Å²) in [6.45, 7) is 1.89. The van der Waals surface area contributed by atoms with Gasteiger partial charge >= 0.3 is 5.97 Å². The quantitative estimate of drug-likeness (QED) is 0.733. The number of carbonyl (C=O) groups is 1. The zero-order valence-corrected chi connectivity index (χ0v) is 9.02. The topological polar surface area (TPSA) is 50.2 Å². The Morgan fingerprint density at radius 2 is 2.29 bits per heavy atom. The third kappa shape index (κ3) is 1.49. The van der Waals surface area contributed by atoms with Gasteiger partial charge in [0, 0.05) is 4.90 Å². The van der Waals surface area contributed by atoms with Gasteiger partial charge in [0.2, 0.25) is 0 Å². The number of hydrogen-bond acceptors (Lipinski definition) is 4. The van der Waals surface area contributed by atoms with E-state index in [9.17, 15) is 4.79 Å². The summed E-state index contributed by atoms with van der Waals surface area (Å²) in [5, 5.41) is 9.74. The molecule has 0 aliphatic heterocycles. The number of fused-ring (bicyclic) bond motifs is 1. The molecule has 1 heterocycles. The Morgan fingerprint density at radius 1 is 1.57 bits per heavy atom. The van der Waals surface area contributed by atoms with Gasteiger partial charge in [0.15, 0.2) is 0 Å². The molecule has 0 saturated carbocycles. The van der Waals surface area contributed by atoms with Gasteiger partial charge in [0.25, 0.3) is 0 Å². The SMILES string of the molecule is Cc1nc2c(S)cc(C(=O)O)cc2s1. The lowest BCUT2D eigenvalue weighted by molar-refractivity contribution is 0.0697. The molecule has 2 aromatic rings. The van der Waals surface area contributed by atoms with Crippen molar-refractivity contribution in [2.45, 2.75) is 11.8 Å². The van der Waals surface area contributed by atoms with Crippen LogP contribution < -0.4 is 0 Å². The van der Waals surface area contributed by atoms with Crippen LogP contribution in [-0.2, 0) is 0 Å². The summed E-state index contributed by atoms with van der Waals surface area (Å²) >= 11 is 5.68. The fourth-order valence-corrected chi connectivity index (χ4v) is 2.52. The first-order valence-electron chi connectivity index (χ1n) is 3.91. The van der Waals surface area contributed by atoms with Gasteiger partial charge in [-0.25, -0.2) is 9.78 Å². The van der Waals surface area contributed by atoms with E-state index in [4.69, 9.17) is 5.11 Å². The number of thiol groups is 1. The Labute approximate surface area is 89.8 Å². The molecule has 0 bridgehead atoms. The third-order valence-corrected chi connectivity index (χ3v) is 3.09. The van der Waals surface area contributed by atoms with E-state index >= 15 is 0 Å². The maximum atomic E-state index is 10.8. The lowest BCUT2D eigenvalue weighted by Crippen LogP contribution is -1.95. The number of benzene rings is 1. The van der Waals surface area contributed by atoms with Crippen LogP contribution in [-0.4, -0.2) is 16.1 Å². The number of aromatic nitrogens is 1. The second-order valence-electron chi connectivity index (χ2n) is 2.88. The van der Waals surface area contributed by atoms with Crippen LogP contribution in [0.25, 0.3) is 10.2 Å². The minimum Gasteiger partial charge on any atom is -0.478 e. The van der Waals surface area contributed by atoms with Crippen molar-refractivity contribution in [3.8, 4) is 0 Å². The molecule has 14 heavy (non-hydrogen) atoms. The molecule has 5 heteroatoms. The van der Waals surface area contributed by atoms with Gasteiger partial charge in [-0.1, -0.05) is 0 Å². The van der Waals surface area contributed by atoms with E-state index in [2.05, 4.69) is 17.6 Å². The Kier molecular flexibility index (Phi) is 2.20. The Morgan fingerprint density at radius 3 is 2.93 bits per heavy atom. The van der Waals surface area contributed by atoms with Gasteiger partial charge in [-0.3, -0.25) is 0 Å². The number of aromatic carboxylic acids is 1. The Balaban J connectivity index is 2.77. The summed E-state index contributed by atoms with van der Waals surface area (Å²) in [6, 6.07) is 3.15. The molecular weight excluding hydrogens is 218 g/mol. The van der Waals surface area contributed by atoms with Crippen molar-refractivity contribution >= 4 is 40.2 Å². The number of rotatable bonds is 1. The smallest absolute Gasteiger partial charge is 0.335 e. The van der Waals surface area contributed by atoms with Crippen molar-refractivity contribution in [1.29, 1.82) is 0 Å². The van der Waals surface area contributed by atoms with Crippen molar-refractivity contribution in [3.63, 3.8) is 0 Å². The monoisotopic (exact) mass is 225 g/mol. The fraction of sp³-hybridized carbons (Fsp3) is 0.111. The average molecular weight is 225 g/mol. The van der Waals surface area contributed by atoms with E-state index in [1.807, 2.05) is 6.92 Å². The summed E-state index contributed by atoms with van der Waals surface area (Å²) < 4.78 is 0.868. The van der Waals surface area contributed by atoms with Gasteiger partial charge in [-0.05, 0) is 19.1 Å². The summed E-state index contributed by atoms with van der Waals surface area (Å²) in [4.78, 5) is 15.6. The third-order valence-electron chi connectivity index (χ3n) is 1.83. The molecule has 0 atom stereocenters. The molecular formula is C9H7NO2S2. The van der Waals surface area contributed by atoms with E-state index < -0.39 is 5.97 Å². The van der Waals surface area contributed by atoms with Crippen molar-refractivity contribution < 1.29 is 9.90 Å². The number of thiazole rings is 1. The number of nitrogens with zero attached hydrogens (tertiary/aromatic N) is 1. The Bertz CT molecular complexity index is 519. The van der Waals surface area contributed by atoms with Crippen LogP contribution in [0.2, 0.25) is 0 Å². The lowest BCUT2D eigenvalue weighted by atomic mass is 10.2. The van der Waals surface area contributed by atoms with Gasteiger partial charge in [-0.2, -0.15) is 0 Å². The maximum absolute atomic E-state index is 10.8. The first-order chi connectivity index (χ1) is 6.58. The van der Waals surface area contributed by atoms with Crippen molar-refractivity contribution in [2.75, 3.05) is 0 Å². The van der Waals surface area contributed by atoms with Crippen LogP contribution in [0.15, 0.2) is 17.0 Å². The molecule has 0 unspecified atom stereocenters. The van der Waals surface area contributed by atoms with Crippen molar-refractivity contribution in [2.24, 2.45) is 0 Å². The second kappa shape index (κ2) is 3.25. The summed E-state index contributed by atoms with van der Waals surface area (Å²) in [6.07, 6.45) is 0. The predicted octanol–water partition coefficient (Wildman–Crippen LogP) is 2.59. The summed E-state index contributed by atoms with van der Waals surface area (Å²) in [5.41, 5.74) is 1.03. The molecule has 72 valence electrons. The molecule has 0 amide bonds. The van der Waals surface area contributed by atoms with Gasteiger partial charge < -0.3 is 5.11 Å². The van der Waals surface area contributed by atoms with E-state index in [0.717, 1.165) is 15.2 Å². The standard InChI is InChI=1S/C9H7NO2S2/c1-4-10-8-6(13)2-5(9(11)12)3-7(8)14-4/h2-3,13H,1H3,(H,11,12). The molecule has 1 aromatic carbocycles. The van der Waals surface area contributed by atoms with E-state index in [1.165, 1.54) is 17.4 Å². The normalized spacial score (nSPS) is 10.7. The molecule has 3 nitrogen and oxygen atoms in total. The molecule has 0 aliphatic carbocycles. The number of carboxylic acids is 1. The molecule has 0 radical (unpaired) electrons. The van der Waals surface area contributed by atoms with E-state index in [0.29, 0.717) is 4.90 Å². The molecule has 0 saturated heterocycles. The largest absolute Gasteiger partial charge is 0.478 e. The van der Waals surface area contributed by atoms with Crippen LogP contribution in [0.4, 0.5) is 0 Å². The predicted molar refractivity (Wildman–Crippen MR) is 58.6 cm³/mol. The molecule has 0 spiro atoms.